The number of benzene rings is 1. The van der Waals surface area contributed by atoms with Crippen LogP contribution >= 0.6 is 0 Å². The monoisotopic (exact) mass is 252 g/mol. The first kappa shape index (κ1) is 12.5. The van der Waals surface area contributed by atoms with Gasteiger partial charge in [-0.3, -0.25) is 0 Å². The van der Waals surface area contributed by atoms with Gasteiger partial charge < -0.3 is 14.4 Å². The van der Waals surface area contributed by atoms with Crippen molar-refractivity contribution in [3.05, 3.63) is 41.3 Å². The third-order valence-corrected chi connectivity index (χ3v) is 2.35. The molecule has 0 saturated carbocycles. The van der Waals surface area contributed by atoms with Crippen LogP contribution in [0.1, 0.15) is 30.3 Å². The highest BCUT2D eigenvalue weighted by Crippen LogP contribution is 2.26. The molecule has 1 aromatic carbocycles. The molecule has 2 aromatic rings. The summed E-state index contributed by atoms with van der Waals surface area (Å²) >= 11 is 0. The Morgan fingerprint density at radius 3 is 2.89 bits per heavy atom. The first-order valence-corrected chi connectivity index (χ1v) is 5.46. The SMILES string of the molecule is Cc1nc(COc2ccc(F)cc2[C@@H](C)O)no1. The number of aliphatic hydroxyl groups is 1. The van der Waals surface area contributed by atoms with Crippen LogP contribution in [0.5, 0.6) is 5.75 Å². The van der Waals surface area contributed by atoms with E-state index in [2.05, 4.69) is 10.1 Å². The average molecular weight is 252 g/mol. The van der Waals surface area contributed by atoms with Gasteiger partial charge in [0.25, 0.3) is 0 Å². The highest BCUT2D eigenvalue weighted by atomic mass is 19.1. The van der Waals surface area contributed by atoms with E-state index in [1.165, 1.54) is 18.2 Å². The smallest absolute Gasteiger partial charge is 0.223 e. The second-order valence-corrected chi connectivity index (χ2v) is 3.88. The maximum atomic E-state index is 13.1. The van der Waals surface area contributed by atoms with Gasteiger partial charge in [0.2, 0.25) is 11.7 Å². The summed E-state index contributed by atoms with van der Waals surface area (Å²) in [7, 11) is 0. The zero-order valence-corrected chi connectivity index (χ0v) is 10.1. The number of halogens is 1. The van der Waals surface area contributed by atoms with Crippen LogP contribution in [0.25, 0.3) is 0 Å². The zero-order chi connectivity index (χ0) is 13.1. The van der Waals surface area contributed by atoms with Gasteiger partial charge in [0.05, 0.1) is 6.10 Å². The number of ether oxygens (including phenoxy) is 1. The van der Waals surface area contributed by atoms with Gasteiger partial charge in [0.15, 0.2) is 6.61 Å². The molecule has 1 N–H and O–H groups in total. The lowest BCUT2D eigenvalue weighted by Gasteiger charge is -2.12. The Balaban J connectivity index is 2.13. The number of aliphatic hydroxyl groups excluding tert-OH is 1. The quantitative estimate of drug-likeness (QED) is 0.902. The van der Waals surface area contributed by atoms with E-state index in [1.807, 2.05) is 0 Å². The summed E-state index contributed by atoms with van der Waals surface area (Å²) < 4.78 is 23.3. The Morgan fingerprint density at radius 2 is 2.28 bits per heavy atom. The Kier molecular flexibility index (Phi) is 3.57. The molecular weight excluding hydrogens is 239 g/mol. The van der Waals surface area contributed by atoms with E-state index in [-0.39, 0.29) is 6.61 Å². The molecule has 0 unspecified atom stereocenters. The minimum atomic E-state index is -0.817. The van der Waals surface area contributed by atoms with Gasteiger partial charge in [-0.2, -0.15) is 4.98 Å². The predicted octanol–water partition coefficient (Wildman–Crippen LogP) is 2.15. The lowest BCUT2D eigenvalue weighted by Crippen LogP contribution is -2.02. The Bertz CT molecular complexity index is 540. The number of hydrogen-bond donors (Lipinski definition) is 1. The van der Waals surface area contributed by atoms with E-state index < -0.39 is 11.9 Å². The van der Waals surface area contributed by atoms with Crippen molar-refractivity contribution in [2.24, 2.45) is 0 Å². The minimum Gasteiger partial charge on any atom is -0.485 e. The summed E-state index contributed by atoms with van der Waals surface area (Å²) in [5.74, 6) is 0.819. The third-order valence-electron chi connectivity index (χ3n) is 2.35. The Hall–Kier alpha value is -1.95. The van der Waals surface area contributed by atoms with E-state index in [0.29, 0.717) is 23.0 Å². The predicted molar refractivity (Wildman–Crippen MR) is 60.4 cm³/mol. The van der Waals surface area contributed by atoms with Gasteiger partial charge in [-0.25, -0.2) is 4.39 Å². The molecule has 0 aliphatic carbocycles. The molecule has 2 rings (SSSR count). The molecule has 0 bridgehead atoms. The summed E-state index contributed by atoms with van der Waals surface area (Å²) in [6.45, 7) is 3.32. The van der Waals surface area contributed by atoms with Crippen LogP contribution in [0.4, 0.5) is 4.39 Å². The standard InChI is InChI=1S/C12H13FN2O3/c1-7(16)10-5-9(13)3-4-11(10)17-6-12-14-8(2)18-15-12/h3-5,7,16H,6H2,1-2H3/t7-/m1/s1. The number of nitrogens with zero attached hydrogens (tertiary/aromatic N) is 2. The highest BCUT2D eigenvalue weighted by molar-refractivity contribution is 5.35. The summed E-state index contributed by atoms with van der Waals surface area (Å²) in [6, 6.07) is 3.97. The first-order valence-electron chi connectivity index (χ1n) is 5.46. The lowest BCUT2D eigenvalue weighted by molar-refractivity contribution is 0.188. The van der Waals surface area contributed by atoms with Crippen LogP contribution in [0.3, 0.4) is 0 Å². The van der Waals surface area contributed by atoms with Crippen LogP contribution in [-0.2, 0) is 6.61 Å². The normalized spacial score (nSPS) is 12.4. The molecule has 5 nitrogen and oxygen atoms in total. The van der Waals surface area contributed by atoms with Gasteiger partial charge in [0.1, 0.15) is 11.6 Å². The van der Waals surface area contributed by atoms with Gasteiger partial charge in [0, 0.05) is 12.5 Å². The molecule has 0 radical (unpaired) electrons. The fraction of sp³-hybridized carbons (Fsp3) is 0.333. The summed E-state index contributed by atoms with van der Waals surface area (Å²) in [5, 5.41) is 13.2. The maximum absolute atomic E-state index is 13.1. The van der Waals surface area contributed by atoms with Gasteiger partial charge in [-0.05, 0) is 25.1 Å². The number of hydrogen-bond acceptors (Lipinski definition) is 5. The van der Waals surface area contributed by atoms with Gasteiger partial charge in [-0.1, -0.05) is 5.16 Å². The third kappa shape index (κ3) is 2.84. The minimum absolute atomic E-state index is 0.0999. The van der Waals surface area contributed by atoms with Crippen LogP contribution < -0.4 is 4.74 Å². The van der Waals surface area contributed by atoms with Crippen molar-refractivity contribution in [2.45, 2.75) is 26.6 Å². The first-order chi connectivity index (χ1) is 8.56. The Labute approximate surface area is 103 Å². The number of aromatic nitrogens is 2. The molecule has 1 atom stereocenters. The maximum Gasteiger partial charge on any atom is 0.223 e. The van der Waals surface area contributed by atoms with Crippen molar-refractivity contribution in [1.29, 1.82) is 0 Å². The largest absolute Gasteiger partial charge is 0.485 e. The van der Waals surface area contributed by atoms with E-state index in [4.69, 9.17) is 9.26 Å². The molecule has 6 heteroatoms. The van der Waals surface area contributed by atoms with E-state index in [1.54, 1.807) is 13.8 Å². The topological polar surface area (TPSA) is 68.4 Å². The summed E-state index contributed by atoms with van der Waals surface area (Å²) in [4.78, 5) is 3.98. The second-order valence-electron chi connectivity index (χ2n) is 3.88. The molecule has 0 aliphatic heterocycles. The zero-order valence-electron chi connectivity index (χ0n) is 10.1. The van der Waals surface area contributed by atoms with Crippen molar-refractivity contribution < 1.29 is 18.8 Å². The highest BCUT2D eigenvalue weighted by Gasteiger charge is 2.12. The van der Waals surface area contributed by atoms with Gasteiger partial charge in [-0.15, -0.1) is 0 Å². The number of aryl methyl sites for hydroxylation is 1. The molecule has 0 saturated heterocycles. The molecule has 0 aliphatic rings. The second kappa shape index (κ2) is 5.14. The van der Waals surface area contributed by atoms with Crippen molar-refractivity contribution in [3.8, 4) is 5.75 Å². The lowest BCUT2D eigenvalue weighted by atomic mass is 10.1. The van der Waals surface area contributed by atoms with Crippen LogP contribution in [0, 0.1) is 12.7 Å². The number of rotatable bonds is 4. The fourth-order valence-electron chi connectivity index (χ4n) is 1.52. The average Bonchev–Trinajstić information content (AvgIpc) is 2.73. The van der Waals surface area contributed by atoms with Crippen molar-refractivity contribution in [1.82, 2.24) is 10.1 Å². The molecule has 1 aromatic heterocycles. The van der Waals surface area contributed by atoms with Gasteiger partial charge >= 0.3 is 0 Å². The molecule has 96 valence electrons. The fourth-order valence-corrected chi connectivity index (χ4v) is 1.52. The Morgan fingerprint density at radius 1 is 1.50 bits per heavy atom. The van der Waals surface area contributed by atoms with E-state index in [9.17, 15) is 9.50 Å². The van der Waals surface area contributed by atoms with E-state index >= 15 is 0 Å². The van der Waals surface area contributed by atoms with Crippen molar-refractivity contribution >= 4 is 0 Å². The molecule has 0 fully saturated rings. The summed E-state index contributed by atoms with van der Waals surface area (Å²) in [5.41, 5.74) is 0.384. The van der Waals surface area contributed by atoms with Crippen LogP contribution in [-0.4, -0.2) is 15.2 Å². The van der Waals surface area contributed by atoms with E-state index in [0.717, 1.165) is 0 Å². The van der Waals surface area contributed by atoms with Crippen molar-refractivity contribution in [2.75, 3.05) is 0 Å². The van der Waals surface area contributed by atoms with Crippen LogP contribution in [0.2, 0.25) is 0 Å². The van der Waals surface area contributed by atoms with Crippen LogP contribution in [0.15, 0.2) is 22.7 Å². The molecule has 18 heavy (non-hydrogen) atoms. The molecule has 0 spiro atoms. The molecule has 0 amide bonds. The molecule has 1 heterocycles. The summed E-state index contributed by atoms with van der Waals surface area (Å²) in [6.07, 6.45) is -0.817. The van der Waals surface area contributed by atoms with Crippen molar-refractivity contribution in [3.63, 3.8) is 0 Å². The molecular formula is C12H13FN2O3.